The molecule has 4 aromatic rings. The van der Waals surface area contributed by atoms with E-state index in [1.165, 1.54) is 76.7 Å². The fourth-order valence-corrected chi connectivity index (χ4v) is 4.27. The Morgan fingerprint density at radius 3 is 1.79 bits per heavy atom. The molecule has 1 nitrogen and oxygen atoms in total. The second-order valence-electron chi connectivity index (χ2n) is 8.00. The quantitative estimate of drug-likeness (QED) is 0.227. The van der Waals surface area contributed by atoms with Crippen molar-refractivity contribution in [1.82, 2.24) is 4.90 Å². The second kappa shape index (κ2) is 10.5. The maximum absolute atomic E-state index is 2.54. The van der Waals surface area contributed by atoms with Crippen molar-refractivity contribution in [2.24, 2.45) is 0 Å². The molecule has 0 fully saturated rings. The summed E-state index contributed by atoms with van der Waals surface area (Å²) in [7, 11) is 2.19. The molecule has 0 N–H and O–H groups in total. The minimum Gasteiger partial charge on any atom is -0.303 e. The molecule has 150 valence electrons. The van der Waals surface area contributed by atoms with Crippen molar-refractivity contribution in [2.75, 3.05) is 19.6 Å². The van der Waals surface area contributed by atoms with Crippen molar-refractivity contribution in [1.29, 1.82) is 0 Å². The van der Waals surface area contributed by atoms with E-state index in [1.807, 2.05) is 0 Å². The summed E-state index contributed by atoms with van der Waals surface area (Å²) in [5.74, 6) is 0. The molecule has 0 aromatic heterocycles. The van der Waals surface area contributed by atoms with Gasteiger partial charge in [0.25, 0.3) is 0 Å². The Bertz CT molecular complexity index is 1060. The molecule has 2 heteroatoms. The van der Waals surface area contributed by atoms with Crippen LogP contribution in [0.15, 0.2) is 66.7 Å². The third-order valence-electron chi connectivity index (χ3n) is 5.55. The fourth-order valence-electron chi connectivity index (χ4n) is 4.27. The Labute approximate surface area is 177 Å². The molecule has 0 bridgehead atoms. The predicted molar refractivity (Wildman–Crippen MR) is 134 cm³/mol. The fraction of sp³-hybridized carbons (Fsp3) is 0.333. The average molecular weight is 383 g/mol. The Kier molecular flexibility index (Phi) is 7.72. The van der Waals surface area contributed by atoms with Gasteiger partial charge in [0, 0.05) is 0 Å². The molecule has 0 atom stereocenters. The van der Waals surface area contributed by atoms with Crippen LogP contribution in [0.5, 0.6) is 0 Å². The van der Waals surface area contributed by atoms with Gasteiger partial charge in [-0.1, -0.05) is 80.8 Å². The highest BCUT2D eigenvalue weighted by atomic mass is 15.1. The molecule has 0 unspecified atom stereocenters. The summed E-state index contributed by atoms with van der Waals surface area (Å²) in [6, 6.07) is 24.1. The van der Waals surface area contributed by atoms with Crippen LogP contribution in [0.4, 0.5) is 0 Å². The van der Waals surface area contributed by atoms with E-state index < -0.39 is 0 Å². The normalized spacial score (nSPS) is 11.2. The molecule has 29 heavy (non-hydrogen) atoms. The van der Waals surface area contributed by atoms with Crippen molar-refractivity contribution in [3.8, 4) is 0 Å². The topological polar surface area (TPSA) is 3.24 Å². The number of hydrogen-bond acceptors (Lipinski definition) is 1. The first-order chi connectivity index (χ1) is 14.2. The first-order valence-corrected chi connectivity index (χ1v) is 11.2. The highest BCUT2D eigenvalue weighted by Crippen LogP contribution is 2.28. The first kappa shape index (κ1) is 21.4. The van der Waals surface area contributed by atoms with E-state index in [2.05, 4.69) is 100 Å². The molecule has 0 radical (unpaired) electrons. The Morgan fingerprint density at radius 2 is 1.17 bits per heavy atom. The predicted octanol–water partition coefficient (Wildman–Crippen LogP) is 5.92. The number of rotatable bonds is 6. The summed E-state index contributed by atoms with van der Waals surface area (Å²) in [5.41, 5.74) is 1.35. The van der Waals surface area contributed by atoms with Gasteiger partial charge in [0.2, 0.25) is 0 Å². The van der Waals surface area contributed by atoms with Crippen LogP contribution < -0.4 is 5.46 Å². The van der Waals surface area contributed by atoms with E-state index in [9.17, 15) is 0 Å². The van der Waals surface area contributed by atoms with Crippen LogP contribution in [-0.4, -0.2) is 32.4 Å². The zero-order chi connectivity index (χ0) is 20.6. The van der Waals surface area contributed by atoms with E-state index >= 15 is 0 Å². The largest absolute Gasteiger partial charge is 0.303 e. The van der Waals surface area contributed by atoms with Gasteiger partial charge < -0.3 is 4.90 Å². The summed E-state index contributed by atoms with van der Waals surface area (Å²) in [6.45, 7) is 10.6. The molecular formula is C27H34BN. The molecule has 0 amide bonds. The average Bonchev–Trinajstić information content (AvgIpc) is 2.73. The van der Waals surface area contributed by atoms with Gasteiger partial charge in [-0.25, -0.2) is 0 Å². The summed E-state index contributed by atoms with van der Waals surface area (Å²) < 4.78 is 0. The molecule has 0 aliphatic rings. The van der Waals surface area contributed by atoms with E-state index in [-0.39, 0.29) is 0 Å². The monoisotopic (exact) mass is 383 g/mol. The van der Waals surface area contributed by atoms with E-state index in [1.54, 1.807) is 0 Å². The van der Waals surface area contributed by atoms with Gasteiger partial charge in [-0.2, -0.15) is 0 Å². The Hall–Kier alpha value is -2.32. The zero-order valence-corrected chi connectivity index (χ0v) is 18.5. The molecule has 4 rings (SSSR count). The molecule has 0 saturated carbocycles. The van der Waals surface area contributed by atoms with Crippen LogP contribution in [0.1, 0.15) is 40.0 Å². The van der Waals surface area contributed by atoms with Crippen molar-refractivity contribution >= 4 is 45.6 Å². The molecule has 0 aliphatic carbocycles. The second-order valence-corrected chi connectivity index (χ2v) is 8.00. The molecule has 0 heterocycles. The lowest BCUT2D eigenvalue weighted by Gasteiger charge is -2.19. The summed E-state index contributed by atoms with van der Waals surface area (Å²) in [6.07, 6.45) is 3.88. The number of fused-ring (bicyclic) bond motifs is 4. The third-order valence-corrected chi connectivity index (χ3v) is 5.55. The minimum atomic E-state index is 1.28. The maximum atomic E-state index is 2.54. The maximum Gasteiger partial charge on any atom is 0.140 e. The summed E-state index contributed by atoms with van der Waals surface area (Å²) in [4.78, 5) is 2.54. The van der Waals surface area contributed by atoms with Crippen LogP contribution in [-0.2, 0) is 0 Å². The van der Waals surface area contributed by atoms with Gasteiger partial charge in [-0.15, -0.1) is 0 Å². The van der Waals surface area contributed by atoms with Gasteiger partial charge in [0.15, 0.2) is 0 Å². The molecular weight excluding hydrogens is 349 g/mol. The van der Waals surface area contributed by atoms with Gasteiger partial charge in [-0.3, -0.25) is 0 Å². The van der Waals surface area contributed by atoms with E-state index in [0.717, 1.165) is 0 Å². The number of benzene rings is 4. The lowest BCUT2D eigenvalue weighted by molar-refractivity contribution is 0.275. The smallest absolute Gasteiger partial charge is 0.140 e. The van der Waals surface area contributed by atoms with Gasteiger partial charge >= 0.3 is 0 Å². The molecule has 0 aliphatic heterocycles. The van der Waals surface area contributed by atoms with Crippen LogP contribution in [0.2, 0.25) is 0 Å². The highest BCUT2D eigenvalue weighted by Gasteiger charge is 2.04. The lowest BCUT2D eigenvalue weighted by Crippen LogP contribution is -2.25. The zero-order valence-electron chi connectivity index (χ0n) is 18.5. The first-order valence-electron chi connectivity index (χ1n) is 11.2. The summed E-state index contributed by atoms with van der Waals surface area (Å²) in [5, 5.41) is 8.00. The SMILES string of the molecule is Bc1cccc2ccc3cc4ccccc4cc3c12.CCCN(CCC)CCC. The van der Waals surface area contributed by atoms with Crippen molar-refractivity contribution < 1.29 is 0 Å². The van der Waals surface area contributed by atoms with Gasteiger partial charge in [0.1, 0.15) is 7.85 Å². The standard InChI is InChI=1S/C18H13B.C9H21N/c19-17-7-3-6-12-8-9-15-10-13-4-1-2-5-14(13)11-16(15)18(12)17;1-4-7-10(8-5-2)9-6-3/h1-11H,19H2;4-9H2,1-3H3. The van der Waals surface area contributed by atoms with Crippen LogP contribution in [0, 0.1) is 0 Å². The van der Waals surface area contributed by atoms with Gasteiger partial charge in [-0.05, 0) is 83.3 Å². The van der Waals surface area contributed by atoms with Crippen LogP contribution in [0.3, 0.4) is 0 Å². The van der Waals surface area contributed by atoms with Crippen molar-refractivity contribution in [3.63, 3.8) is 0 Å². The van der Waals surface area contributed by atoms with Gasteiger partial charge in [0.05, 0.1) is 0 Å². The lowest BCUT2D eigenvalue weighted by atomic mass is 9.87. The van der Waals surface area contributed by atoms with Crippen molar-refractivity contribution in [3.05, 3.63) is 66.7 Å². The molecule has 4 aromatic carbocycles. The molecule has 0 spiro atoms. The van der Waals surface area contributed by atoms with Crippen molar-refractivity contribution in [2.45, 2.75) is 40.0 Å². The Morgan fingerprint density at radius 1 is 0.621 bits per heavy atom. The van der Waals surface area contributed by atoms with Crippen LogP contribution >= 0.6 is 0 Å². The number of hydrogen-bond donors (Lipinski definition) is 0. The number of nitrogens with zero attached hydrogens (tertiary/aromatic N) is 1. The van der Waals surface area contributed by atoms with Crippen LogP contribution in [0.25, 0.3) is 32.3 Å². The molecule has 0 saturated heterocycles. The van der Waals surface area contributed by atoms with E-state index in [4.69, 9.17) is 0 Å². The summed E-state index contributed by atoms with van der Waals surface area (Å²) >= 11 is 0. The highest BCUT2D eigenvalue weighted by molar-refractivity contribution is 6.41. The van der Waals surface area contributed by atoms with E-state index in [0.29, 0.717) is 0 Å². The minimum absolute atomic E-state index is 1.28. The third kappa shape index (κ3) is 5.19. The Balaban J connectivity index is 0.000000207.